The topological polar surface area (TPSA) is 94.8 Å². The fourth-order valence-corrected chi connectivity index (χ4v) is 3.16. The van der Waals surface area contributed by atoms with Crippen molar-refractivity contribution in [1.82, 2.24) is 20.5 Å². The van der Waals surface area contributed by atoms with Gasteiger partial charge in [0.2, 0.25) is 5.91 Å². The van der Waals surface area contributed by atoms with E-state index >= 15 is 0 Å². The lowest BCUT2D eigenvalue weighted by molar-refractivity contribution is -0.115. The fraction of sp³-hybridized carbons (Fsp3) is 0.421. The summed E-state index contributed by atoms with van der Waals surface area (Å²) in [4.78, 5) is 22.6. The summed E-state index contributed by atoms with van der Waals surface area (Å²) in [6, 6.07) is 7.63. The van der Waals surface area contributed by atoms with Crippen LogP contribution < -0.4 is 16.0 Å². The second-order valence-corrected chi connectivity index (χ2v) is 6.37. The van der Waals surface area contributed by atoms with Crippen molar-refractivity contribution < 1.29 is 9.21 Å². The highest BCUT2D eigenvalue weighted by Gasteiger charge is 2.25. The Morgan fingerprint density at radius 3 is 2.75 bits per heavy atom. The number of guanidine groups is 1. The Hall–Kier alpha value is -2.14. The number of amides is 1. The lowest BCUT2D eigenvalue weighted by atomic mass is 10.2. The van der Waals surface area contributed by atoms with Gasteiger partial charge in [-0.05, 0) is 50.2 Å². The van der Waals surface area contributed by atoms with Gasteiger partial charge in [-0.1, -0.05) is 0 Å². The maximum atomic E-state index is 12.1. The highest BCUT2D eigenvalue weighted by molar-refractivity contribution is 14.0. The van der Waals surface area contributed by atoms with Crippen molar-refractivity contribution in [2.75, 3.05) is 38.5 Å². The monoisotopic (exact) mass is 498 g/mol. The zero-order valence-electron chi connectivity index (χ0n) is 15.9. The molecule has 1 unspecified atom stereocenters. The van der Waals surface area contributed by atoms with E-state index in [9.17, 15) is 4.79 Å². The molecule has 0 spiro atoms. The molecule has 8 nitrogen and oxygen atoms in total. The van der Waals surface area contributed by atoms with Crippen molar-refractivity contribution in [1.29, 1.82) is 0 Å². The minimum atomic E-state index is -0.159. The largest absolute Gasteiger partial charge is 0.468 e. The SMILES string of the molecule is CN=C(NCC(=O)Nc1cccnc1)NCC(c1ccco1)N1CCCC1.I. The number of furan rings is 1. The third-order valence-electron chi connectivity index (χ3n) is 4.50. The predicted octanol–water partition coefficient (Wildman–Crippen LogP) is 2.23. The van der Waals surface area contributed by atoms with Crippen LogP contribution in [-0.2, 0) is 4.79 Å². The normalized spacial score (nSPS) is 15.5. The van der Waals surface area contributed by atoms with E-state index in [-0.39, 0.29) is 42.5 Å². The van der Waals surface area contributed by atoms with Crippen molar-refractivity contribution >= 4 is 41.5 Å². The quantitative estimate of drug-likeness (QED) is 0.308. The van der Waals surface area contributed by atoms with Gasteiger partial charge in [0.1, 0.15) is 5.76 Å². The van der Waals surface area contributed by atoms with E-state index in [4.69, 9.17) is 4.42 Å². The molecule has 1 atom stereocenters. The first kappa shape index (κ1) is 22.2. The molecule has 0 saturated carbocycles. The van der Waals surface area contributed by atoms with E-state index in [0.29, 0.717) is 18.2 Å². The fourth-order valence-electron chi connectivity index (χ4n) is 3.16. The van der Waals surface area contributed by atoms with Gasteiger partial charge in [0, 0.05) is 19.8 Å². The van der Waals surface area contributed by atoms with E-state index < -0.39 is 0 Å². The van der Waals surface area contributed by atoms with Gasteiger partial charge < -0.3 is 20.4 Å². The Bertz CT molecular complexity index is 732. The standard InChI is InChI=1S/C19H26N6O2.HI/c1-20-19(23-14-18(26)24-15-6-4-8-21-12-15)22-13-16(17-7-5-11-27-17)25-9-2-3-10-25;/h4-8,11-12,16H,2-3,9-10,13-14H2,1H3,(H,24,26)(H2,20,22,23);1H. The zero-order chi connectivity index (χ0) is 18.9. The summed E-state index contributed by atoms with van der Waals surface area (Å²) in [6.07, 6.45) is 7.39. The maximum absolute atomic E-state index is 12.1. The van der Waals surface area contributed by atoms with Crippen LogP contribution in [0.3, 0.4) is 0 Å². The number of aromatic nitrogens is 1. The number of carbonyl (C=O) groups excluding carboxylic acids is 1. The van der Waals surface area contributed by atoms with Gasteiger partial charge in [0.25, 0.3) is 0 Å². The van der Waals surface area contributed by atoms with Gasteiger partial charge in [0.15, 0.2) is 5.96 Å². The van der Waals surface area contributed by atoms with Gasteiger partial charge in [-0.2, -0.15) is 0 Å². The van der Waals surface area contributed by atoms with Crippen LogP contribution in [0, 0.1) is 0 Å². The van der Waals surface area contributed by atoms with Crippen molar-refractivity contribution in [3.05, 3.63) is 48.7 Å². The molecular formula is C19H27IN6O2. The summed E-state index contributed by atoms with van der Waals surface area (Å²) < 4.78 is 5.63. The highest BCUT2D eigenvalue weighted by atomic mass is 127. The Labute approximate surface area is 182 Å². The van der Waals surface area contributed by atoms with Crippen molar-refractivity contribution in [3.8, 4) is 0 Å². The zero-order valence-corrected chi connectivity index (χ0v) is 18.3. The number of nitrogens with zero attached hydrogens (tertiary/aromatic N) is 3. The van der Waals surface area contributed by atoms with E-state index in [2.05, 4.69) is 30.8 Å². The molecule has 3 heterocycles. The number of pyridine rings is 1. The number of hydrogen-bond donors (Lipinski definition) is 3. The molecule has 1 saturated heterocycles. The van der Waals surface area contributed by atoms with Crippen LogP contribution >= 0.6 is 24.0 Å². The maximum Gasteiger partial charge on any atom is 0.243 e. The van der Waals surface area contributed by atoms with Gasteiger partial charge in [-0.15, -0.1) is 24.0 Å². The number of nitrogens with one attached hydrogen (secondary N) is 3. The van der Waals surface area contributed by atoms with Crippen molar-refractivity contribution in [2.24, 2.45) is 4.99 Å². The highest BCUT2D eigenvalue weighted by Crippen LogP contribution is 2.24. The van der Waals surface area contributed by atoms with Crippen molar-refractivity contribution in [2.45, 2.75) is 18.9 Å². The van der Waals surface area contributed by atoms with Crippen LogP contribution in [0.2, 0.25) is 0 Å². The number of rotatable bonds is 7. The molecule has 28 heavy (non-hydrogen) atoms. The third-order valence-corrected chi connectivity index (χ3v) is 4.50. The number of likely N-dealkylation sites (tertiary alicyclic amines) is 1. The van der Waals surface area contributed by atoms with E-state index in [1.165, 1.54) is 12.8 Å². The summed E-state index contributed by atoms with van der Waals surface area (Å²) in [6.45, 7) is 2.89. The Balaban J connectivity index is 0.00000280. The number of aliphatic imine (C=N–C) groups is 1. The molecule has 1 fully saturated rings. The molecule has 2 aromatic rings. The second kappa shape index (κ2) is 11.6. The molecule has 1 aliphatic rings. The minimum Gasteiger partial charge on any atom is -0.468 e. The predicted molar refractivity (Wildman–Crippen MR) is 120 cm³/mol. The third kappa shape index (κ3) is 6.48. The van der Waals surface area contributed by atoms with Crippen LogP contribution in [0.25, 0.3) is 0 Å². The number of hydrogen-bond acceptors (Lipinski definition) is 5. The smallest absolute Gasteiger partial charge is 0.243 e. The first-order valence-electron chi connectivity index (χ1n) is 9.18. The molecule has 0 aromatic carbocycles. The molecule has 0 radical (unpaired) electrons. The lowest BCUT2D eigenvalue weighted by Gasteiger charge is -2.26. The van der Waals surface area contributed by atoms with E-state index in [0.717, 1.165) is 18.8 Å². The molecular weight excluding hydrogens is 471 g/mol. The number of halogens is 1. The summed E-state index contributed by atoms with van der Waals surface area (Å²) in [7, 11) is 1.69. The van der Waals surface area contributed by atoms with Gasteiger partial charge in [-0.3, -0.25) is 19.7 Å². The van der Waals surface area contributed by atoms with Gasteiger partial charge in [-0.25, -0.2) is 0 Å². The molecule has 1 aliphatic heterocycles. The van der Waals surface area contributed by atoms with Crippen LogP contribution in [0.5, 0.6) is 0 Å². The Morgan fingerprint density at radius 1 is 1.29 bits per heavy atom. The first-order chi connectivity index (χ1) is 13.3. The molecule has 0 aliphatic carbocycles. The molecule has 9 heteroatoms. The lowest BCUT2D eigenvalue weighted by Crippen LogP contribution is -2.44. The molecule has 0 bridgehead atoms. The molecule has 152 valence electrons. The average Bonchev–Trinajstić information content (AvgIpc) is 3.40. The Morgan fingerprint density at radius 2 is 2.11 bits per heavy atom. The van der Waals surface area contributed by atoms with Crippen LogP contribution in [-0.4, -0.2) is 55.0 Å². The second-order valence-electron chi connectivity index (χ2n) is 6.37. The van der Waals surface area contributed by atoms with Gasteiger partial charge in [0.05, 0.1) is 30.7 Å². The molecule has 1 amide bonds. The summed E-state index contributed by atoms with van der Waals surface area (Å²) >= 11 is 0. The van der Waals surface area contributed by atoms with Crippen LogP contribution in [0.1, 0.15) is 24.6 Å². The summed E-state index contributed by atoms with van der Waals surface area (Å²) in [5.74, 6) is 1.36. The van der Waals surface area contributed by atoms with Crippen molar-refractivity contribution in [3.63, 3.8) is 0 Å². The Kier molecular flexibility index (Phi) is 9.21. The summed E-state index contributed by atoms with van der Waals surface area (Å²) in [5.41, 5.74) is 0.666. The van der Waals surface area contributed by atoms with E-state index in [1.54, 1.807) is 37.8 Å². The molecule has 3 rings (SSSR count). The van der Waals surface area contributed by atoms with E-state index in [1.807, 2.05) is 12.1 Å². The summed E-state index contributed by atoms with van der Waals surface area (Å²) in [5, 5.41) is 9.12. The molecule has 2 aromatic heterocycles. The van der Waals surface area contributed by atoms with Gasteiger partial charge >= 0.3 is 0 Å². The number of anilines is 1. The average molecular weight is 498 g/mol. The first-order valence-corrected chi connectivity index (χ1v) is 9.18. The van der Waals surface area contributed by atoms with Crippen LogP contribution in [0.4, 0.5) is 5.69 Å². The number of carbonyl (C=O) groups is 1. The van der Waals surface area contributed by atoms with Crippen LogP contribution in [0.15, 0.2) is 52.3 Å². The minimum absolute atomic E-state index is 0. The molecule has 3 N–H and O–H groups in total.